The van der Waals surface area contributed by atoms with Gasteiger partial charge in [-0.1, -0.05) is 43.7 Å². The van der Waals surface area contributed by atoms with E-state index >= 15 is 0 Å². The van der Waals surface area contributed by atoms with Crippen LogP contribution in [-0.2, 0) is 24.4 Å². The van der Waals surface area contributed by atoms with Gasteiger partial charge in [0, 0.05) is 23.1 Å². The van der Waals surface area contributed by atoms with Crippen LogP contribution >= 0.6 is 11.6 Å². The van der Waals surface area contributed by atoms with Crippen LogP contribution in [0.3, 0.4) is 0 Å². The average molecular weight is 746 g/mol. The van der Waals surface area contributed by atoms with Gasteiger partial charge >= 0.3 is 6.09 Å². The van der Waals surface area contributed by atoms with E-state index in [1.807, 2.05) is 19.1 Å². The Labute approximate surface area is 301 Å². The number of halogens is 1. The molecule has 1 aromatic carbocycles. The molecule has 2 aliphatic heterocycles. The number of amides is 4. The first kappa shape index (κ1) is 36.7. The number of carbonyl (C=O) groups excluding carboxylic acids is 3. The number of benzene rings is 1. The lowest BCUT2D eigenvalue weighted by atomic mass is 9.88. The third-order valence-electron chi connectivity index (χ3n) is 10.8. The van der Waals surface area contributed by atoms with Gasteiger partial charge in [-0.15, -0.1) is 0 Å². The number of pyridine rings is 1. The molecule has 276 valence electrons. The van der Waals surface area contributed by atoms with Gasteiger partial charge in [0.25, 0.3) is 5.91 Å². The molecule has 4 aliphatic rings. The highest BCUT2D eigenvalue weighted by molar-refractivity contribution is 7.91. The van der Waals surface area contributed by atoms with E-state index < -0.39 is 74.1 Å². The Morgan fingerprint density at radius 3 is 2.61 bits per heavy atom. The van der Waals surface area contributed by atoms with Crippen LogP contribution in [0.2, 0.25) is 5.02 Å². The Morgan fingerprint density at radius 1 is 1.18 bits per heavy atom. The van der Waals surface area contributed by atoms with Crippen molar-refractivity contribution in [1.29, 1.82) is 0 Å². The molecule has 0 spiro atoms. The van der Waals surface area contributed by atoms with Crippen molar-refractivity contribution < 1.29 is 42.2 Å². The zero-order valence-corrected chi connectivity index (χ0v) is 30.6. The number of carbonyl (C=O) groups is 4. The first-order chi connectivity index (χ1) is 24.1. The molecular formula is C35H44ClN5O9S. The van der Waals surface area contributed by atoms with Crippen molar-refractivity contribution in [3.8, 4) is 11.6 Å². The molecule has 4 amide bonds. The van der Waals surface area contributed by atoms with Gasteiger partial charge in [0.15, 0.2) is 0 Å². The van der Waals surface area contributed by atoms with Gasteiger partial charge in [0.05, 0.1) is 29.6 Å². The van der Waals surface area contributed by atoms with Crippen molar-refractivity contribution in [2.75, 3.05) is 13.7 Å². The number of rotatable bonds is 7. The van der Waals surface area contributed by atoms with Crippen LogP contribution in [0.1, 0.15) is 65.7 Å². The highest BCUT2D eigenvalue weighted by Gasteiger charge is 2.63. The van der Waals surface area contributed by atoms with Crippen LogP contribution in [0.15, 0.2) is 36.5 Å². The van der Waals surface area contributed by atoms with E-state index in [0.29, 0.717) is 47.2 Å². The summed E-state index contributed by atoms with van der Waals surface area (Å²) in [5.74, 6) is -2.28. The number of aromatic nitrogens is 1. The van der Waals surface area contributed by atoms with Crippen molar-refractivity contribution in [2.45, 2.75) is 94.2 Å². The first-order valence-electron chi connectivity index (χ1n) is 17.2. The Bertz CT molecular complexity index is 1890. The summed E-state index contributed by atoms with van der Waals surface area (Å²) in [5.41, 5.74) is -1.55. The molecular weight excluding hydrogens is 702 g/mol. The minimum atomic E-state index is -4.01. The van der Waals surface area contributed by atoms with Crippen molar-refractivity contribution in [3.63, 3.8) is 0 Å². The van der Waals surface area contributed by atoms with Crippen LogP contribution in [0.5, 0.6) is 11.6 Å². The second kappa shape index (κ2) is 13.8. The molecule has 2 aromatic rings. The summed E-state index contributed by atoms with van der Waals surface area (Å²) < 4.78 is 39.2. The number of fused-ring (bicyclic) bond motifs is 3. The van der Waals surface area contributed by atoms with Crippen molar-refractivity contribution >= 4 is 56.2 Å². The summed E-state index contributed by atoms with van der Waals surface area (Å²) in [7, 11) is -2.52. The summed E-state index contributed by atoms with van der Waals surface area (Å²) in [6.45, 7) is 5.30. The van der Waals surface area contributed by atoms with Crippen molar-refractivity contribution in [1.82, 2.24) is 25.2 Å². The molecule has 51 heavy (non-hydrogen) atoms. The molecule has 7 atom stereocenters. The second-order valence-electron chi connectivity index (χ2n) is 14.7. The molecule has 14 nitrogen and oxygen atoms in total. The maximum absolute atomic E-state index is 14.4. The SMILES string of the molecule is COc1cnc(O[C@@H]2C[C@H]3C(=O)N[C@]4(C(=O)NS(=O)(=O)C5(C)CC5)C[C@H]4/C=C\CC[C@@H](C)C[C@@H](C)[C@H](NC(=O)O)C(=O)N3C2)c2cccc(Cl)c12. The number of carboxylic acid groups (broad SMARTS) is 1. The number of nitrogens with zero attached hydrogens (tertiary/aromatic N) is 2. The molecule has 16 heteroatoms. The Balaban J connectivity index is 1.35. The van der Waals surface area contributed by atoms with E-state index in [1.165, 1.54) is 18.2 Å². The van der Waals surface area contributed by atoms with E-state index in [2.05, 4.69) is 20.3 Å². The van der Waals surface area contributed by atoms with Gasteiger partial charge in [0.2, 0.25) is 27.7 Å². The van der Waals surface area contributed by atoms with E-state index in [0.717, 1.165) is 6.42 Å². The molecule has 1 aromatic heterocycles. The summed E-state index contributed by atoms with van der Waals surface area (Å²) >= 11 is 6.50. The molecule has 0 unspecified atom stereocenters. The topological polar surface area (TPSA) is 193 Å². The normalized spacial score (nSPS) is 31.2. The predicted molar refractivity (Wildman–Crippen MR) is 188 cm³/mol. The van der Waals surface area contributed by atoms with E-state index in [9.17, 15) is 32.7 Å². The fraction of sp³-hybridized carbons (Fsp3) is 0.571. The number of ether oxygens (including phenoxy) is 2. The minimum Gasteiger partial charge on any atom is -0.494 e. The maximum Gasteiger partial charge on any atom is 0.405 e. The van der Waals surface area contributed by atoms with Gasteiger partial charge in [-0.25, -0.2) is 18.2 Å². The Morgan fingerprint density at radius 2 is 1.92 bits per heavy atom. The molecule has 4 N–H and O–H groups in total. The highest BCUT2D eigenvalue weighted by atomic mass is 35.5. The molecule has 0 radical (unpaired) electrons. The number of hydrogen-bond acceptors (Lipinski definition) is 9. The zero-order valence-electron chi connectivity index (χ0n) is 29.0. The van der Waals surface area contributed by atoms with Gasteiger partial charge < -0.3 is 30.1 Å². The summed E-state index contributed by atoms with van der Waals surface area (Å²) in [4.78, 5) is 60.1. The average Bonchev–Trinajstić information content (AvgIpc) is 3.95. The Kier molecular flexibility index (Phi) is 9.92. The zero-order chi connectivity index (χ0) is 36.9. The van der Waals surface area contributed by atoms with Gasteiger partial charge in [-0.3, -0.25) is 19.1 Å². The van der Waals surface area contributed by atoms with Crippen LogP contribution in [-0.4, -0.2) is 89.4 Å². The third kappa shape index (κ3) is 7.19. The second-order valence-corrected chi connectivity index (χ2v) is 17.3. The van der Waals surface area contributed by atoms with Crippen molar-refractivity contribution in [2.24, 2.45) is 17.8 Å². The maximum atomic E-state index is 14.4. The molecule has 2 aliphatic carbocycles. The van der Waals surface area contributed by atoms with Crippen LogP contribution in [0.25, 0.3) is 10.8 Å². The molecule has 3 heterocycles. The predicted octanol–water partition coefficient (Wildman–Crippen LogP) is 3.77. The van der Waals surface area contributed by atoms with Crippen molar-refractivity contribution in [3.05, 3.63) is 41.6 Å². The lowest BCUT2D eigenvalue weighted by Gasteiger charge is -2.32. The van der Waals surface area contributed by atoms with E-state index in [-0.39, 0.29) is 31.2 Å². The van der Waals surface area contributed by atoms with Gasteiger partial charge in [-0.2, -0.15) is 0 Å². The Hall–Kier alpha value is -4.11. The lowest BCUT2D eigenvalue weighted by Crippen LogP contribution is -2.59. The standard InChI is InChI=1S/C35H44ClN5O9S/c1-19-8-5-6-9-21-16-35(21,32(44)40-51(47,48)34(3)12-13-34)39-29(42)25-15-22(18-41(25)31(43)28(20(2)14-19)38-33(45)46)50-30-23-10-7-11-24(36)27(23)26(49-4)17-37-30/h6-7,9-11,17,19-22,25,28,38H,5,8,12-16,18H2,1-4H3,(H,39,42)(H,40,44)(H,45,46)/b9-6-/t19-,20-,21-,22-,25+,28+,35-/m1/s1. The summed E-state index contributed by atoms with van der Waals surface area (Å²) in [6, 6.07) is 2.83. The quantitative estimate of drug-likeness (QED) is 0.303. The smallest absolute Gasteiger partial charge is 0.405 e. The van der Waals surface area contributed by atoms with Crippen LogP contribution in [0, 0.1) is 17.8 Å². The molecule has 0 bridgehead atoms. The van der Waals surface area contributed by atoms with E-state index in [4.69, 9.17) is 21.1 Å². The number of hydrogen-bond donors (Lipinski definition) is 4. The number of sulfonamides is 1. The third-order valence-corrected chi connectivity index (χ3v) is 13.3. The fourth-order valence-corrected chi connectivity index (χ4v) is 8.92. The van der Waals surface area contributed by atoms with Gasteiger partial charge in [0.1, 0.15) is 29.5 Å². The summed E-state index contributed by atoms with van der Waals surface area (Å²) in [6.07, 6.45) is 5.97. The molecule has 2 saturated carbocycles. The fourth-order valence-electron chi connectivity index (χ4n) is 7.34. The highest BCUT2D eigenvalue weighted by Crippen LogP contribution is 2.48. The molecule has 3 fully saturated rings. The van der Waals surface area contributed by atoms with Crippen LogP contribution in [0.4, 0.5) is 4.79 Å². The largest absolute Gasteiger partial charge is 0.494 e. The monoisotopic (exact) mass is 745 g/mol. The summed E-state index contributed by atoms with van der Waals surface area (Å²) in [5, 5.41) is 16.5. The number of methoxy groups -OCH3 is 1. The molecule has 1 saturated heterocycles. The van der Waals surface area contributed by atoms with Gasteiger partial charge in [-0.05, 0) is 69.4 Å². The van der Waals surface area contributed by atoms with Crippen LogP contribution < -0.4 is 24.8 Å². The lowest BCUT2D eigenvalue weighted by molar-refractivity contribution is -0.142. The first-order valence-corrected chi connectivity index (χ1v) is 19.1. The minimum absolute atomic E-state index is 0.0213. The number of nitrogens with one attached hydrogen (secondary N) is 3. The van der Waals surface area contributed by atoms with E-state index in [1.54, 1.807) is 32.0 Å². The molecule has 6 rings (SSSR count). The number of allylic oxidation sites excluding steroid dienone is 1.